The fourth-order valence-electron chi connectivity index (χ4n) is 1.53. The van der Waals surface area contributed by atoms with Crippen molar-refractivity contribution >= 4 is 17.1 Å². The Morgan fingerprint density at radius 3 is 2.67 bits per heavy atom. The van der Waals surface area contributed by atoms with Crippen molar-refractivity contribution in [1.29, 1.82) is 0 Å². The first kappa shape index (κ1) is 12.7. The lowest BCUT2D eigenvalue weighted by molar-refractivity contribution is 0.103. The number of hydrogen-bond acceptors (Lipinski definition) is 5. The molecule has 0 aliphatic rings. The van der Waals surface area contributed by atoms with Crippen molar-refractivity contribution in [3.8, 4) is 5.75 Å². The predicted octanol–water partition coefficient (Wildman–Crippen LogP) is 2.23. The van der Waals surface area contributed by atoms with Crippen LogP contribution >= 0.6 is 11.3 Å². The van der Waals surface area contributed by atoms with Crippen molar-refractivity contribution < 1.29 is 9.53 Å². The van der Waals surface area contributed by atoms with Gasteiger partial charge >= 0.3 is 0 Å². The molecule has 5 heteroatoms. The third kappa shape index (κ3) is 2.75. The Bertz CT molecular complexity index is 534. The van der Waals surface area contributed by atoms with Gasteiger partial charge < -0.3 is 10.5 Å². The Kier molecular flexibility index (Phi) is 4.07. The topological polar surface area (TPSA) is 65.2 Å². The number of thiazole rings is 1. The highest BCUT2D eigenvalue weighted by Crippen LogP contribution is 2.17. The quantitative estimate of drug-likeness (QED) is 0.839. The molecule has 2 rings (SSSR count). The minimum atomic E-state index is -0.0889. The largest absolute Gasteiger partial charge is 0.494 e. The lowest BCUT2D eigenvalue weighted by Crippen LogP contribution is -2.03. The summed E-state index contributed by atoms with van der Waals surface area (Å²) in [6, 6.07) is 7.06. The van der Waals surface area contributed by atoms with E-state index in [-0.39, 0.29) is 5.78 Å². The van der Waals surface area contributed by atoms with Gasteiger partial charge in [0.05, 0.1) is 6.61 Å². The highest BCUT2D eigenvalue weighted by molar-refractivity contribution is 7.09. The van der Waals surface area contributed by atoms with E-state index in [9.17, 15) is 4.79 Å². The third-order valence-corrected chi connectivity index (χ3v) is 3.26. The van der Waals surface area contributed by atoms with E-state index in [1.807, 2.05) is 6.92 Å². The Balaban J connectivity index is 2.17. The highest BCUT2D eigenvalue weighted by atomic mass is 32.1. The molecule has 18 heavy (non-hydrogen) atoms. The molecular weight excluding hydrogens is 248 g/mol. The molecule has 0 amide bonds. The molecular formula is C13H14N2O2S. The normalized spacial score (nSPS) is 10.3. The molecule has 0 aliphatic heterocycles. The van der Waals surface area contributed by atoms with Crippen LogP contribution in [0, 0.1) is 0 Å². The first-order chi connectivity index (χ1) is 8.74. The lowest BCUT2D eigenvalue weighted by Gasteiger charge is -2.03. The van der Waals surface area contributed by atoms with Crippen LogP contribution in [0.15, 0.2) is 29.6 Å². The van der Waals surface area contributed by atoms with Gasteiger partial charge in [0.2, 0.25) is 5.78 Å². The van der Waals surface area contributed by atoms with Crippen LogP contribution in [0.3, 0.4) is 0 Å². The molecule has 94 valence electrons. The summed E-state index contributed by atoms with van der Waals surface area (Å²) in [7, 11) is 0. The molecule has 0 unspecified atom stereocenters. The summed E-state index contributed by atoms with van der Waals surface area (Å²) in [4.78, 5) is 16.3. The number of rotatable bonds is 5. The number of nitrogens with zero attached hydrogens (tertiary/aromatic N) is 1. The Morgan fingerprint density at radius 1 is 1.39 bits per heavy atom. The molecule has 1 aromatic heterocycles. The van der Waals surface area contributed by atoms with E-state index >= 15 is 0 Å². The molecule has 0 radical (unpaired) electrons. The van der Waals surface area contributed by atoms with Crippen molar-refractivity contribution in [2.75, 3.05) is 6.61 Å². The second-order valence-electron chi connectivity index (χ2n) is 3.62. The van der Waals surface area contributed by atoms with Crippen molar-refractivity contribution in [2.45, 2.75) is 13.5 Å². The molecule has 4 nitrogen and oxygen atoms in total. The molecule has 0 aliphatic carbocycles. The molecule has 2 N–H and O–H groups in total. The van der Waals surface area contributed by atoms with E-state index in [1.165, 1.54) is 11.3 Å². The van der Waals surface area contributed by atoms with Crippen LogP contribution in [0.1, 0.15) is 28.0 Å². The van der Waals surface area contributed by atoms with Crippen LogP contribution in [-0.4, -0.2) is 17.4 Å². The number of nitrogens with two attached hydrogens (primary N) is 1. The number of ketones is 1. The summed E-state index contributed by atoms with van der Waals surface area (Å²) in [6.45, 7) is 2.89. The Morgan fingerprint density at radius 2 is 2.11 bits per heavy atom. The smallest absolute Gasteiger partial charge is 0.212 e. The average Bonchev–Trinajstić information content (AvgIpc) is 2.88. The molecule has 0 bridgehead atoms. The molecule has 2 aromatic rings. The van der Waals surface area contributed by atoms with Gasteiger partial charge in [-0.3, -0.25) is 4.79 Å². The minimum absolute atomic E-state index is 0.0889. The number of carbonyl (C=O) groups is 1. The van der Waals surface area contributed by atoms with Crippen LogP contribution < -0.4 is 10.5 Å². The van der Waals surface area contributed by atoms with E-state index in [2.05, 4.69) is 4.98 Å². The van der Waals surface area contributed by atoms with Crippen LogP contribution in [0.5, 0.6) is 5.75 Å². The van der Waals surface area contributed by atoms with Gasteiger partial charge in [-0.1, -0.05) is 0 Å². The summed E-state index contributed by atoms with van der Waals surface area (Å²) >= 11 is 1.40. The van der Waals surface area contributed by atoms with Gasteiger partial charge in [0, 0.05) is 17.5 Å². The zero-order valence-corrected chi connectivity index (χ0v) is 10.9. The van der Waals surface area contributed by atoms with Gasteiger partial charge in [-0.2, -0.15) is 0 Å². The van der Waals surface area contributed by atoms with Gasteiger partial charge in [0.1, 0.15) is 16.5 Å². The standard InChI is InChI=1S/C13H14N2O2S/c1-2-17-10-5-3-9(4-6-10)13(16)11-8-18-12(7-14)15-11/h3-6,8H,2,7,14H2,1H3. The summed E-state index contributed by atoms with van der Waals surface area (Å²) in [5.74, 6) is 0.670. The zero-order chi connectivity index (χ0) is 13.0. The summed E-state index contributed by atoms with van der Waals surface area (Å²) in [5, 5.41) is 2.50. The average molecular weight is 262 g/mol. The lowest BCUT2D eigenvalue weighted by atomic mass is 10.1. The molecule has 0 saturated carbocycles. The fourth-order valence-corrected chi connectivity index (χ4v) is 2.18. The Hall–Kier alpha value is -1.72. The van der Waals surface area contributed by atoms with Gasteiger partial charge in [-0.15, -0.1) is 11.3 Å². The molecule has 0 spiro atoms. The maximum Gasteiger partial charge on any atom is 0.212 e. The van der Waals surface area contributed by atoms with Gasteiger partial charge in [0.15, 0.2) is 0 Å². The van der Waals surface area contributed by atoms with Gasteiger partial charge in [-0.05, 0) is 31.2 Å². The van der Waals surface area contributed by atoms with E-state index in [4.69, 9.17) is 10.5 Å². The molecule has 0 fully saturated rings. The number of benzene rings is 1. The van der Waals surface area contributed by atoms with Crippen molar-refractivity contribution in [1.82, 2.24) is 4.98 Å². The van der Waals surface area contributed by atoms with Gasteiger partial charge in [0.25, 0.3) is 0 Å². The second-order valence-corrected chi connectivity index (χ2v) is 4.56. The fraction of sp³-hybridized carbons (Fsp3) is 0.231. The van der Waals surface area contributed by atoms with Crippen molar-refractivity contribution in [2.24, 2.45) is 5.73 Å². The highest BCUT2D eigenvalue weighted by Gasteiger charge is 2.12. The van der Waals surface area contributed by atoms with Crippen LogP contribution in [0.25, 0.3) is 0 Å². The van der Waals surface area contributed by atoms with E-state index in [0.717, 1.165) is 10.8 Å². The predicted molar refractivity (Wildman–Crippen MR) is 71.0 cm³/mol. The second kappa shape index (κ2) is 5.75. The number of ether oxygens (including phenoxy) is 1. The van der Waals surface area contributed by atoms with E-state index in [1.54, 1.807) is 29.6 Å². The van der Waals surface area contributed by atoms with Crippen molar-refractivity contribution in [3.63, 3.8) is 0 Å². The summed E-state index contributed by atoms with van der Waals surface area (Å²) in [6.07, 6.45) is 0. The maximum absolute atomic E-state index is 12.1. The maximum atomic E-state index is 12.1. The number of aromatic nitrogens is 1. The van der Waals surface area contributed by atoms with Crippen LogP contribution in [0.2, 0.25) is 0 Å². The molecule has 1 aromatic carbocycles. The summed E-state index contributed by atoms with van der Waals surface area (Å²) in [5.41, 5.74) is 6.53. The number of hydrogen-bond donors (Lipinski definition) is 1. The Labute approximate surface area is 109 Å². The molecule has 1 heterocycles. The van der Waals surface area contributed by atoms with Crippen molar-refractivity contribution in [3.05, 3.63) is 45.9 Å². The van der Waals surface area contributed by atoms with Gasteiger partial charge in [-0.25, -0.2) is 4.98 Å². The SMILES string of the molecule is CCOc1ccc(C(=O)c2csc(CN)n2)cc1. The zero-order valence-electron chi connectivity index (χ0n) is 10.1. The minimum Gasteiger partial charge on any atom is -0.494 e. The summed E-state index contributed by atoms with van der Waals surface area (Å²) < 4.78 is 5.33. The molecule has 0 atom stereocenters. The monoisotopic (exact) mass is 262 g/mol. The molecule has 0 saturated heterocycles. The first-order valence-corrected chi connectivity index (χ1v) is 6.54. The van der Waals surface area contributed by atoms with Crippen LogP contribution in [0.4, 0.5) is 0 Å². The third-order valence-electron chi connectivity index (χ3n) is 2.39. The van der Waals surface area contributed by atoms with E-state index < -0.39 is 0 Å². The first-order valence-electron chi connectivity index (χ1n) is 5.66. The van der Waals surface area contributed by atoms with Crippen LogP contribution in [-0.2, 0) is 6.54 Å². The number of carbonyl (C=O) groups excluding carboxylic acids is 1. The van der Waals surface area contributed by atoms with E-state index in [0.29, 0.717) is 24.4 Å².